The molecule has 3 rings (SSSR count). The van der Waals surface area contributed by atoms with Gasteiger partial charge in [0.2, 0.25) is 0 Å². The molecule has 0 saturated heterocycles. The Bertz CT molecular complexity index is 1230. The van der Waals surface area contributed by atoms with E-state index in [0.717, 1.165) is 4.88 Å². The number of amides is 1. The fraction of sp³-hybridized carbons (Fsp3) is 0.143. The van der Waals surface area contributed by atoms with Gasteiger partial charge in [-0.1, -0.05) is 24.3 Å². The molecule has 8 nitrogen and oxygen atoms in total. The highest BCUT2D eigenvalue weighted by Crippen LogP contribution is 2.24. The van der Waals surface area contributed by atoms with Gasteiger partial charge in [0.25, 0.3) is 15.9 Å². The van der Waals surface area contributed by atoms with E-state index in [1.165, 1.54) is 23.5 Å². The highest BCUT2D eigenvalue weighted by molar-refractivity contribution is 7.90. The first-order valence-electron chi connectivity index (χ1n) is 9.41. The van der Waals surface area contributed by atoms with E-state index in [1.807, 2.05) is 18.2 Å². The van der Waals surface area contributed by atoms with E-state index in [0.29, 0.717) is 29.3 Å². The summed E-state index contributed by atoms with van der Waals surface area (Å²) in [5.41, 5.74) is 5.49. The van der Waals surface area contributed by atoms with Crippen LogP contribution >= 0.6 is 11.3 Å². The molecular weight excluding hydrogens is 497 g/mol. The zero-order valence-electron chi connectivity index (χ0n) is 17.3. The molecule has 13 heteroatoms. The van der Waals surface area contributed by atoms with Gasteiger partial charge in [-0.3, -0.25) is 4.79 Å². The monoisotopic (exact) mass is 516 g/mol. The number of sulfonamides is 1. The van der Waals surface area contributed by atoms with Gasteiger partial charge in [-0.25, -0.2) is 17.9 Å². The Morgan fingerprint density at radius 1 is 1.00 bits per heavy atom. The zero-order valence-corrected chi connectivity index (χ0v) is 18.9. The van der Waals surface area contributed by atoms with E-state index >= 15 is 0 Å². The van der Waals surface area contributed by atoms with Crippen LogP contribution in [0.3, 0.4) is 0 Å². The standard InChI is InChI=1S/C19H18N2O4S2.C2HF3O2/c20-12-11-16-9-10-18(26-16)19(22)21-27(23,24)17-8-4-7-15(13-17)25-14-5-2-1-3-6-14;3-2(4,5)1(6)7/h1-10,13H,11-12,20H2,(H,21,22);(H,6,7). The van der Waals surface area contributed by atoms with Crippen LogP contribution in [0.15, 0.2) is 71.6 Å². The molecule has 0 bridgehead atoms. The van der Waals surface area contributed by atoms with Crippen molar-refractivity contribution in [3.63, 3.8) is 0 Å². The number of benzene rings is 2. The fourth-order valence-corrected chi connectivity index (χ4v) is 4.32. The summed E-state index contributed by atoms with van der Waals surface area (Å²) in [6.07, 6.45) is -4.44. The van der Waals surface area contributed by atoms with E-state index in [-0.39, 0.29) is 4.90 Å². The minimum Gasteiger partial charge on any atom is -0.475 e. The van der Waals surface area contributed by atoms with Gasteiger partial charge in [0.1, 0.15) is 11.5 Å². The summed E-state index contributed by atoms with van der Waals surface area (Å²) >= 11 is 1.23. The van der Waals surface area contributed by atoms with Gasteiger partial charge < -0.3 is 15.6 Å². The summed E-state index contributed by atoms with van der Waals surface area (Å²) in [6.45, 7) is 0.466. The lowest BCUT2D eigenvalue weighted by molar-refractivity contribution is -0.192. The van der Waals surface area contributed by atoms with Gasteiger partial charge in [-0.05, 0) is 49.4 Å². The van der Waals surface area contributed by atoms with Crippen LogP contribution in [0.25, 0.3) is 0 Å². The lowest BCUT2D eigenvalue weighted by Gasteiger charge is -2.09. The number of thiophene rings is 1. The third-order valence-electron chi connectivity index (χ3n) is 3.84. The normalized spacial score (nSPS) is 11.2. The van der Waals surface area contributed by atoms with Crippen LogP contribution in [-0.2, 0) is 21.2 Å². The smallest absolute Gasteiger partial charge is 0.475 e. The Kier molecular flexibility index (Phi) is 9.18. The summed E-state index contributed by atoms with van der Waals surface area (Å²) < 4.78 is 64.6. The van der Waals surface area contributed by atoms with Crippen LogP contribution in [0, 0.1) is 0 Å². The molecule has 0 saturated carbocycles. The number of hydrogen-bond acceptors (Lipinski definition) is 7. The molecule has 2 aromatic carbocycles. The van der Waals surface area contributed by atoms with Crippen molar-refractivity contribution in [3.05, 3.63) is 76.5 Å². The Balaban J connectivity index is 0.000000509. The molecule has 34 heavy (non-hydrogen) atoms. The van der Waals surface area contributed by atoms with Gasteiger partial charge in [0, 0.05) is 10.9 Å². The van der Waals surface area contributed by atoms with E-state index in [4.69, 9.17) is 20.4 Å². The number of aliphatic carboxylic acids is 1. The van der Waals surface area contributed by atoms with E-state index in [1.54, 1.807) is 36.4 Å². The number of carbonyl (C=O) groups excluding carboxylic acids is 1. The van der Waals surface area contributed by atoms with Gasteiger partial charge in [0.05, 0.1) is 9.77 Å². The number of ether oxygens (including phenoxy) is 1. The Morgan fingerprint density at radius 3 is 2.21 bits per heavy atom. The number of rotatable bonds is 7. The largest absolute Gasteiger partial charge is 0.490 e. The summed E-state index contributed by atoms with van der Waals surface area (Å²) in [5.74, 6) is -2.48. The van der Waals surface area contributed by atoms with Crippen LogP contribution < -0.4 is 15.2 Å². The molecule has 3 aromatic rings. The number of nitrogens with two attached hydrogens (primary N) is 1. The fourth-order valence-electron chi connectivity index (χ4n) is 2.34. The first-order valence-corrected chi connectivity index (χ1v) is 11.7. The minimum atomic E-state index is -5.08. The highest BCUT2D eigenvalue weighted by atomic mass is 32.2. The molecule has 182 valence electrons. The highest BCUT2D eigenvalue weighted by Gasteiger charge is 2.38. The van der Waals surface area contributed by atoms with E-state index in [2.05, 4.69) is 4.72 Å². The molecule has 1 amide bonds. The molecule has 0 aliphatic carbocycles. The molecular formula is C21H19F3N2O6S2. The van der Waals surface area contributed by atoms with Gasteiger partial charge in [-0.2, -0.15) is 13.2 Å². The van der Waals surface area contributed by atoms with Crippen LogP contribution in [0.5, 0.6) is 11.5 Å². The number of carboxylic acids is 1. The maximum Gasteiger partial charge on any atom is 0.490 e. The maximum absolute atomic E-state index is 12.6. The first kappa shape index (κ1) is 26.8. The minimum absolute atomic E-state index is 0.0528. The van der Waals surface area contributed by atoms with E-state index < -0.39 is 28.1 Å². The second-order valence-electron chi connectivity index (χ2n) is 6.43. The summed E-state index contributed by atoms with van der Waals surface area (Å²) in [6, 6.07) is 18.4. The second kappa shape index (κ2) is 11.6. The number of halogens is 3. The molecule has 0 fully saturated rings. The van der Waals surface area contributed by atoms with Crippen LogP contribution in [0.1, 0.15) is 14.5 Å². The van der Waals surface area contributed by atoms with Gasteiger partial charge >= 0.3 is 12.1 Å². The van der Waals surface area contributed by atoms with Crippen LogP contribution in [0.4, 0.5) is 13.2 Å². The second-order valence-corrected chi connectivity index (χ2v) is 9.28. The van der Waals surface area contributed by atoms with Crippen molar-refractivity contribution in [2.24, 2.45) is 5.73 Å². The van der Waals surface area contributed by atoms with Crippen molar-refractivity contribution in [1.29, 1.82) is 0 Å². The lowest BCUT2D eigenvalue weighted by Crippen LogP contribution is -2.30. The Hall–Kier alpha value is -3.42. The maximum atomic E-state index is 12.6. The Labute approximate surface area is 196 Å². The quantitative estimate of drug-likeness (QED) is 0.435. The third-order valence-corrected chi connectivity index (χ3v) is 6.31. The van der Waals surface area contributed by atoms with Crippen LogP contribution in [-0.4, -0.2) is 38.1 Å². The predicted molar refractivity (Wildman–Crippen MR) is 118 cm³/mol. The Morgan fingerprint density at radius 2 is 1.62 bits per heavy atom. The average molecular weight is 517 g/mol. The zero-order chi connectivity index (χ0) is 25.4. The topological polar surface area (TPSA) is 136 Å². The van der Waals surface area contributed by atoms with Crippen molar-refractivity contribution in [1.82, 2.24) is 4.72 Å². The summed E-state index contributed by atoms with van der Waals surface area (Å²) in [4.78, 5) is 22.4. The predicted octanol–water partition coefficient (Wildman–Crippen LogP) is 3.79. The summed E-state index contributed by atoms with van der Waals surface area (Å²) in [5, 5.41) is 7.12. The summed E-state index contributed by atoms with van der Waals surface area (Å²) in [7, 11) is -4.02. The number of hydrogen-bond donors (Lipinski definition) is 3. The molecule has 0 aliphatic heterocycles. The molecule has 0 radical (unpaired) electrons. The van der Waals surface area contributed by atoms with Crippen LogP contribution in [0.2, 0.25) is 0 Å². The van der Waals surface area contributed by atoms with Gasteiger partial charge in [-0.15, -0.1) is 11.3 Å². The lowest BCUT2D eigenvalue weighted by atomic mass is 10.3. The molecule has 0 spiro atoms. The molecule has 1 aromatic heterocycles. The van der Waals surface area contributed by atoms with Gasteiger partial charge in [0.15, 0.2) is 0 Å². The van der Waals surface area contributed by atoms with Crippen molar-refractivity contribution in [2.75, 3.05) is 6.54 Å². The number of carbonyl (C=O) groups is 2. The van der Waals surface area contributed by atoms with Crippen molar-refractivity contribution in [2.45, 2.75) is 17.5 Å². The van der Waals surface area contributed by atoms with Crippen molar-refractivity contribution >= 4 is 33.2 Å². The molecule has 0 atom stereocenters. The first-order chi connectivity index (χ1) is 15.9. The number of carboxylic acid groups (broad SMARTS) is 1. The molecule has 1 heterocycles. The van der Waals surface area contributed by atoms with Crippen molar-refractivity contribution < 1.29 is 41.0 Å². The third kappa shape index (κ3) is 8.17. The SMILES string of the molecule is NCCc1ccc(C(=O)NS(=O)(=O)c2cccc(Oc3ccccc3)c2)s1.O=C(O)C(F)(F)F. The molecule has 0 aliphatic rings. The molecule has 4 N–H and O–H groups in total. The van der Waals surface area contributed by atoms with E-state index in [9.17, 15) is 26.4 Å². The number of alkyl halides is 3. The number of para-hydroxylation sites is 1. The average Bonchev–Trinajstić information content (AvgIpc) is 3.23. The van der Waals surface area contributed by atoms with Crippen molar-refractivity contribution in [3.8, 4) is 11.5 Å². The number of nitrogens with one attached hydrogen (secondary N) is 1. The molecule has 0 unspecified atom stereocenters.